The smallest absolute Gasteiger partial charge is 0.412 e. The van der Waals surface area contributed by atoms with Crippen LogP contribution in [0.15, 0.2) is 130 Å². The summed E-state index contributed by atoms with van der Waals surface area (Å²) >= 11 is 3.95. The number of hydrogen-bond donors (Lipinski definition) is 6. The number of hydrogen-bond acceptors (Lipinski definition) is 9. The summed E-state index contributed by atoms with van der Waals surface area (Å²) < 4.78 is 26.5. The van der Waals surface area contributed by atoms with Crippen molar-refractivity contribution in [2.45, 2.75) is 24.7 Å². The lowest BCUT2D eigenvalue weighted by atomic mass is 9.90. The Hall–Kier alpha value is -6.20. The monoisotopic (exact) mass is 817 g/mol. The summed E-state index contributed by atoms with van der Waals surface area (Å²) in [5, 5.41) is 12.5. The number of nitrogens with zero attached hydrogens (tertiary/aromatic N) is 1. The van der Waals surface area contributed by atoms with Crippen molar-refractivity contribution in [3.63, 3.8) is 0 Å². The topological polar surface area (TPSA) is 202 Å². The molecular weight excluding hydrogens is 785 g/mol. The molecule has 0 saturated carbocycles. The second-order valence-electron chi connectivity index (χ2n) is 11.4. The lowest BCUT2D eigenvalue weighted by molar-refractivity contribution is -0.123. The first-order chi connectivity index (χ1) is 26.0. The van der Waals surface area contributed by atoms with Crippen LogP contribution in [0.4, 0.5) is 41.5 Å². The third-order valence-corrected chi connectivity index (χ3v) is 8.78. The lowest BCUT2D eigenvalue weighted by Crippen LogP contribution is -2.48. The average Bonchev–Trinajstić information content (AvgIpc) is 3.14. The number of carbonyl (C=O) groups excluding carboxylic acids is 5. The number of aliphatic imine (C=N–C) groups is 1. The number of benzene rings is 4. The van der Waals surface area contributed by atoms with Gasteiger partial charge in [0.2, 0.25) is 11.8 Å². The van der Waals surface area contributed by atoms with E-state index in [4.69, 9.17) is 20.2 Å². The third kappa shape index (κ3) is 11.9. The quantitative estimate of drug-likeness (QED) is 0.0731. The van der Waals surface area contributed by atoms with Gasteiger partial charge in [-0.2, -0.15) is 0 Å². The van der Waals surface area contributed by atoms with Gasteiger partial charge in [0.25, 0.3) is 5.24 Å². The van der Waals surface area contributed by atoms with Gasteiger partial charge in [-0.15, -0.1) is 0 Å². The van der Waals surface area contributed by atoms with E-state index in [0.29, 0.717) is 33.3 Å². The largest absolute Gasteiger partial charge is 0.442 e. The highest BCUT2D eigenvalue weighted by atomic mass is 79.9. The van der Waals surface area contributed by atoms with E-state index in [1.807, 2.05) is 0 Å². The van der Waals surface area contributed by atoms with Crippen LogP contribution in [0, 0.1) is 5.82 Å². The highest BCUT2D eigenvalue weighted by Crippen LogP contribution is 2.31. The second kappa shape index (κ2) is 19.0. The number of nitrogens with two attached hydrogens (primary N) is 1. The van der Waals surface area contributed by atoms with Gasteiger partial charge in [0.05, 0.1) is 12.2 Å². The summed E-state index contributed by atoms with van der Waals surface area (Å²) in [6.45, 7) is -0.501. The maximum absolute atomic E-state index is 14.4. The number of primary amides is 1. The average molecular weight is 819 g/mol. The van der Waals surface area contributed by atoms with Crippen LogP contribution < -0.4 is 32.3 Å². The van der Waals surface area contributed by atoms with Crippen LogP contribution >= 0.6 is 27.7 Å². The number of para-hydroxylation sites is 3. The highest BCUT2D eigenvalue weighted by Gasteiger charge is 2.41. The first-order valence-electron chi connectivity index (χ1n) is 16.2. The molecule has 1 aliphatic carbocycles. The molecule has 0 fully saturated rings. The zero-order chi connectivity index (χ0) is 38.5. The van der Waals surface area contributed by atoms with Gasteiger partial charge in [-0.3, -0.25) is 30.0 Å². The van der Waals surface area contributed by atoms with Crippen molar-refractivity contribution >= 4 is 84.8 Å². The van der Waals surface area contributed by atoms with Crippen LogP contribution in [-0.2, 0) is 19.1 Å². The minimum atomic E-state index is -1.41. The number of ether oxygens (including phenoxy) is 2. The highest BCUT2D eigenvalue weighted by molar-refractivity contribution is 9.10. The molecule has 1 aliphatic rings. The van der Waals surface area contributed by atoms with Crippen molar-refractivity contribution in [1.29, 1.82) is 0 Å². The molecule has 0 bridgehead atoms. The first kappa shape index (κ1) is 39.0. The van der Waals surface area contributed by atoms with E-state index in [1.165, 1.54) is 18.2 Å². The van der Waals surface area contributed by atoms with Crippen molar-refractivity contribution in [3.8, 4) is 0 Å². The molecule has 3 atom stereocenters. The normalized spacial score (nSPS) is 16.5. The molecule has 3 unspecified atom stereocenters. The number of anilines is 4. The Bertz CT molecular complexity index is 2040. The molecule has 278 valence electrons. The molecule has 14 nitrogen and oxygen atoms in total. The maximum atomic E-state index is 14.4. The van der Waals surface area contributed by atoms with Crippen LogP contribution in [0.5, 0.6) is 0 Å². The van der Waals surface area contributed by atoms with Crippen molar-refractivity contribution in [2.75, 3.05) is 27.8 Å². The van der Waals surface area contributed by atoms with Crippen LogP contribution in [0.25, 0.3) is 0 Å². The molecule has 0 aliphatic heterocycles. The number of rotatable bonds is 10. The van der Waals surface area contributed by atoms with Crippen LogP contribution in [0.3, 0.4) is 0 Å². The van der Waals surface area contributed by atoms with Gasteiger partial charge in [-0.25, -0.2) is 14.0 Å². The fraction of sp³-hybridized carbons (Fsp3) is 0.135. The standard InChI is InChI=1S/C37H33BrFN7O7S/c38-27-17-16-23(39)20-28(27)45-34(54-37(51)44-26-14-8-3-9-15-26)46-29-18-22(33(48)41-21-31(40)47)19-30(52-35(49)42-24-10-4-1-5-11-24)32(29)53-36(50)43-25-12-6-2-7-13-25/h1-18,20,29-30,32H,19,21H2,(H2,40,47)(H,41,48)(H,42,49)(H,43,50)(H,44,51)(H,45,46). The Morgan fingerprint density at radius 2 is 1.33 bits per heavy atom. The van der Waals surface area contributed by atoms with Crippen molar-refractivity contribution in [1.82, 2.24) is 5.32 Å². The SMILES string of the molecule is NC(=O)CNC(=O)C1=CC(N=C(Nc2cc(F)ccc2Br)SC(=O)Nc2ccccc2)C(OC(=O)Nc2ccccc2)C(OC(=O)Nc2ccccc2)C1. The Balaban J connectivity index is 1.56. The Morgan fingerprint density at radius 1 is 0.778 bits per heavy atom. The van der Waals surface area contributed by atoms with E-state index in [-0.39, 0.29) is 22.8 Å². The summed E-state index contributed by atoms with van der Waals surface area (Å²) in [4.78, 5) is 69.5. The predicted molar refractivity (Wildman–Crippen MR) is 208 cm³/mol. The molecule has 7 N–H and O–H groups in total. The van der Waals surface area contributed by atoms with E-state index in [0.717, 1.165) is 6.07 Å². The van der Waals surface area contributed by atoms with Gasteiger partial charge in [-0.1, -0.05) is 54.6 Å². The Labute approximate surface area is 321 Å². The zero-order valence-electron chi connectivity index (χ0n) is 28.2. The fourth-order valence-electron chi connectivity index (χ4n) is 5.02. The number of halogens is 2. The minimum absolute atomic E-state index is 0.00384. The van der Waals surface area contributed by atoms with Gasteiger partial charge >= 0.3 is 12.2 Å². The van der Waals surface area contributed by atoms with Gasteiger partial charge in [0, 0.05) is 45.3 Å². The van der Waals surface area contributed by atoms with Crippen LogP contribution in [0.2, 0.25) is 0 Å². The molecule has 0 spiro atoms. The number of carbonyl (C=O) groups is 5. The molecule has 4 aromatic carbocycles. The first-order valence-corrected chi connectivity index (χ1v) is 17.8. The van der Waals surface area contributed by atoms with Gasteiger partial charge in [0.15, 0.2) is 11.3 Å². The number of thioether (sulfide) groups is 1. The van der Waals surface area contributed by atoms with Crippen molar-refractivity contribution in [2.24, 2.45) is 10.7 Å². The summed E-state index contributed by atoms with van der Waals surface area (Å²) in [5.74, 6) is -2.15. The maximum Gasteiger partial charge on any atom is 0.412 e. The predicted octanol–water partition coefficient (Wildman–Crippen LogP) is 6.86. The Kier molecular flexibility index (Phi) is 13.8. The molecule has 5 amide bonds. The Morgan fingerprint density at radius 3 is 1.91 bits per heavy atom. The van der Waals surface area contributed by atoms with Gasteiger partial charge in [-0.05, 0) is 76.6 Å². The summed E-state index contributed by atoms with van der Waals surface area (Å²) in [6.07, 6.45) is -3.59. The molecule has 4 aromatic rings. The minimum Gasteiger partial charge on any atom is -0.442 e. The number of amidine groups is 1. The van der Waals surface area contributed by atoms with Crippen molar-refractivity contribution < 1.29 is 37.8 Å². The van der Waals surface area contributed by atoms with E-state index >= 15 is 0 Å². The lowest BCUT2D eigenvalue weighted by Gasteiger charge is -2.34. The molecule has 0 aromatic heterocycles. The van der Waals surface area contributed by atoms with Crippen molar-refractivity contribution in [3.05, 3.63) is 131 Å². The number of nitrogens with one attached hydrogen (secondary N) is 5. The summed E-state index contributed by atoms with van der Waals surface area (Å²) in [6, 6.07) is 27.9. The van der Waals surface area contributed by atoms with Gasteiger partial charge in [0.1, 0.15) is 18.0 Å². The molecule has 0 saturated heterocycles. The molecule has 0 heterocycles. The molecule has 5 rings (SSSR count). The summed E-state index contributed by atoms with van der Waals surface area (Å²) in [7, 11) is 0. The van der Waals surface area contributed by atoms with E-state index < -0.39 is 59.9 Å². The summed E-state index contributed by atoms with van der Waals surface area (Å²) in [5.41, 5.74) is 6.70. The van der Waals surface area contributed by atoms with Crippen LogP contribution in [-0.4, -0.2) is 59.2 Å². The molecule has 54 heavy (non-hydrogen) atoms. The van der Waals surface area contributed by atoms with E-state index in [1.54, 1.807) is 91.0 Å². The molecule has 0 radical (unpaired) electrons. The second-order valence-corrected chi connectivity index (χ2v) is 13.2. The third-order valence-electron chi connectivity index (χ3n) is 7.40. The van der Waals surface area contributed by atoms with E-state index in [9.17, 15) is 28.4 Å². The fourth-order valence-corrected chi connectivity index (χ4v) is 6.04. The van der Waals surface area contributed by atoms with Gasteiger partial charge < -0.3 is 31.2 Å². The molecule has 17 heteroatoms. The van der Waals surface area contributed by atoms with E-state index in [2.05, 4.69) is 42.5 Å². The molecular formula is C37H33BrFN7O7S. The van der Waals surface area contributed by atoms with Crippen LogP contribution in [0.1, 0.15) is 6.42 Å². The zero-order valence-corrected chi connectivity index (χ0v) is 30.6. The number of amides is 5.